The van der Waals surface area contributed by atoms with Gasteiger partial charge in [-0.2, -0.15) is 0 Å². The fourth-order valence-corrected chi connectivity index (χ4v) is 2.54. The molecule has 1 N–H and O–H groups in total. The molecule has 0 aromatic heterocycles. The number of amides is 1. The first-order chi connectivity index (χ1) is 8.29. The van der Waals surface area contributed by atoms with Gasteiger partial charge < -0.3 is 10.1 Å². The second-order valence-electron chi connectivity index (χ2n) is 4.92. The van der Waals surface area contributed by atoms with Crippen molar-refractivity contribution in [3.63, 3.8) is 0 Å². The Balaban J connectivity index is 1.68. The zero-order valence-corrected chi connectivity index (χ0v) is 9.98. The monoisotopic (exact) mass is 231 g/mol. The van der Waals surface area contributed by atoms with Gasteiger partial charge in [0.15, 0.2) is 0 Å². The van der Waals surface area contributed by atoms with Crippen molar-refractivity contribution in [3.8, 4) is 5.75 Å². The highest BCUT2D eigenvalue weighted by Gasteiger charge is 2.39. The van der Waals surface area contributed by atoms with Crippen molar-refractivity contribution in [3.05, 3.63) is 29.8 Å². The van der Waals surface area contributed by atoms with Gasteiger partial charge in [0.2, 0.25) is 5.91 Å². The lowest BCUT2D eigenvalue weighted by molar-refractivity contribution is -0.122. The predicted octanol–water partition coefficient (Wildman–Crippen LogP) is 2.08. The van der Waals surface area contributed by atoms with Crippen LogP contribution in [0.5, 0.6) is 5.75 Å². The van der Waals surface area contributed by atoms with E-state index in [1.165, 1.54) is 0 Å². The molecule has 3 atom stereocenters. The van der Waals surface area contributed by atoms with Crippen molar-refractivity contribution in [1.29, 1.82) is 0 Å². The van der Waals surface area contributed by atoms with Gasteiger partial charge in [0, 0.05) is 11.6 Å². The molecule has 3 nitrogen and oxygen atoms in total. The maximum atomic E-state index is 12.1. The summed E-state index contributed by atoms with van der Waals surface area (Å²) in [6, 6.07) is 8.21. The van der Waals surface area contributed by atoms with E-state index < -0.39 is 0 Å². The third kappa shape index (κ3) is 1.90. The topological polar surface area (TPSA) is 38.3 Å². The molecule has 3 heteroatoms. The third-order valence-corrected chi connectivity index (χ3v) is 3.79. The van der Waals surface area contributed by atoms with Crippen LogP contribution in [0.25, 0.3) is 0 Å². The highest BCUT2D eigenvalue weighted by molar-refractivity contribution is 5.86. The summed E-state index contributed by atoms with van der Waals surface area (Å²) in [7, 11) is 0. The minimum absolute atomic E-state index is 0.121. The van der Waals surface area contributed by atoms with Gasteiger partial charge in [-0.15, -0.1) is 0 Å². The summed E-state index contributed by atoms with van der Waals surface area (Å²) in [5, 5.41) is 3.12. The first-order valence-corrected chi connectivity index (χ1v) is 6.31. The molecular weight excluding hydrogens is 214 g/mol. The minimum atomic E-state index is -0.121. The molecule has 0 radical (unpaired) electrons. The Bertz CT molecular complexity index is 444. The van der Waals surface area contributed by atoms with E-state index >= 15 is 0 Å². The molecule has 17 heavy (non-hydrogen) atoms. The van der Waals surface area contributed by atoms with Gasteiger partial charge in [-0.3, -0.25) is 4.79 Å². The molecule has 1 aromatic rings. The summed E-state index contributed by atoms with van der Waals surface area (Å²) in [6.07, 6.45) is 2.29. The zero-order valence-electron chi connectivity index (χ0n) is 9.98. The molecule has 2 aliphatic rings. The van der Waals surface area contributed by atoms with Crippen LogP contribution >= 0.6 is 0 Å². The molecule has 1 heterocycles. The Labute approximate surface area is 101 Å². The summed E-state index contributed by atoms with van der Waals surface area (Å²) in [6.45, 7) is 2.65. The highest BCUT2D eigenvalue weighted by Crippen LogP contribution is 2.36. The van der Waals surface area contributed by atoms with Gasteiger partial charge in [0.05, 0.1) is 0 Å². The van der Waals surface area contributed by atoms with Crippen LogP contribution in [-0.2, 0) is 4.79 Å². The quantitative estimate of drug-likeness (QED) is 0.865. The lowest BCUT2D eigenvalue weighted by Crippen LogP contribution is -2.32. The molecular formula is C14H17NO2. The largest absolute Gasteiger partial charge is 0.492 e. The number of carbonyl (C=O) groups is 1. The van der Waals surface area contributed by atoms with Gasteiger partial charge >= 0.3 is 0 Å². The van der Waals surface area contributed by atoms with E-state index in [-0.39, 0.29) is 11.8 Å². The van der Waals surface area contributed by atoms with Crippen molar-refractivity contribution < 1.29 is 9.53 Å². The average molecular weight is 231 g/mol. The smallest absolute Gasteiger partial charge is 0.231 e. The fraction of sp³-hybridized carbons (Fsp3) is 0.500. The summed E-state index contributed by atoms with van der Waals surface area (Å²) in [5.41, 5.74) is 1.03. The number of nitrogens with one attached hydrogen (secondary N) is 1. The van der Waals surface area contributed by atoms with Gasteiger partial charge in [-0.25, -0.2) is 0 Å². The number of rotatable bonds is 3. The SMILES string of the molecule is CC[C@@H]1C[C@@H]1NC(=O)[C@@H]1COc2ccccc21. The lowest BCUT2D eigenvalue weighted by atomic mass is 10.0. The second-order valence-corrected chi connectivity index (χ2v) is 4.92. The van der Waals surface area contributed by atoms with E-state index in [1.54, 1.807) is 0 Å². The van der Waals surface area contributed by atoms with E-state index in [0.29, 0.717) is 18.6 Å². The van der Waals surface area contributed by atoms with Crippen LogP contribution in [0.15, 0.2) is 24.3 Å². The van der Waals surface area contributed by atoms with Gasteiger partial charge in [0.25, 0.3) is 0 Å². The number of benzene rings is 1. The van der Waals surface area contributed by atoms with Gasteiger partial charge in [-0.05, 0) is 18.4 Å². The molecule has 1 aliphatic carbocycles. The standard InChI is InChI=1S/C14H17NO2/c1-2-9-7-12(9)15-14(16)11-8-17-13-6-4-3-5-10(11)13/h3-6,9,11-12H,2,7-8H2,1H3,(H,15,16)/t9-,11-,12+/m1/s1. The zero-order chi connectivity index (χ0) is 11.8. The molecule has 0 saturated heterocycles. The summed E-state index contributed by atoms with van der Waals surface area (Å²) < 4.78 is 5.53. The molecule has 3 rings (SSSR count). The molecule has 0 unspecified atom stereocenters. The van der Waals surface area contributed by atoms with Crippen molar-refractivity contribution in [2.45, 2.75) is 31.7 Å². The van der Waals surface area contributed by atoms with Crippen molar-refractivity contribution in [2.24, 2.45) is 5.92 Å². The van der Waals surface area contributed by atoms with Crippen LogP contribution < -0.4 is 10.1 Å². The number of ether oxygens (including phenoxy) is 1. The maximum absolute atomic E-state index is 12.1. The summed E-state index contributed by atoms with van der Waals surface area (Å²) in [5.74, 6) is 1.55. The molecule has 1 aromatic carbocycles. The molecule has 1 saturated carbocycles. The Kier molecular flexibility index (Phi) is 2.54. The molecule has 1 aliphatic heterocycles. The van der Waals surface area contributed by atoms with Crippen LogP contribution in [0, 0.1) is 5.92 Å². The van der Waals surface area contributed by atoms with E-state index in [2.05, 4.69) is 12.2 Å². The van der Waals surface area contributed by atoms with Crippen LogP contribution in [-0.4, -0.2) is 18.6 Å². The second kappa shape index (κ2) is 4.06. The van der Waals surface area contributed by atoms with Gasteiger partial charge in [-0.1, -0.05) is 31.5 Å². The summed E-state index contributed by atoms with van der Waals surface area (Å²) in [4.78, 5) is 12.1. The Hall–Kier alpha value is -1.51. The van der Waals surface area contributed by atoms with E-state index in [4.69, 9.17) is 4.74 Å². The van der Waals surface area contributed by atoms with Crippen LogP contribution in [0.4, 0.5) is 0 Å². The van der Waals surface area contributed by atoms with Crippen LogP contribution in [0.2, 0.25) is 0 Å². The van der Waals surface area contributed by atoms with Gasteiger partial charge in [0.1, 0.15) is 18.3 Å². The normalized spacial score (nSPS) is 29.4. The number of carbonyl (C=O) groups excluding carboxylic acids is 1. The number of hydrogen-bond donors (Lipinski definition) is 1. The van der Waals surface area contributed by atoms with Crippen molar-refractivity contribution in [1.82, 2.24) is 5.32 Å². The minimum Gasteiger partial charge on any atom is -0.492 e. The Morgan fingerprint density at radius 3 is 3.06 bits per heavy atom. The number of para-hydroxylation sites is 1. The average Bonchev–Trinajstić information content (AvgIpc) is 2.96. The lowest BCUT2D eigenvalue weighted by Gasteiger charge is -2.09. The molecule has 0 spiro atoms. The van der Waals surface area contributed by atoms with E-state index in [1.807, 2.05) is 24.3 Å². The molecule has 0 bridgehead atoms. The van der Waals surface area contributed by atoms with E-state index in [0.717, 1.165) is 24.2 Å². The first kappa shape index (κ1) is 10.6. The maximum Gasteiger partial charge on any atom is 0.231 e. The van der Waals surface area contributed by atoms with Crippen LogP contribution in [0.3, 0.4) is 0 Å². The van der Waals surface area contributed by atoms with Crippen LogP contribution in [0.1, 0.15) is 31.2 Å². The van der Waals surface area contributed by atoms with E-state index in [9.17, 15) is 4.79 Å². The summed E-state index contributed by atoms with van der Waals surface area (Å²) >= 11 is 0. The molecule has 1 fully saturated rings. The van der Waals surface area contributed by atoms with Crippen molar-refractivity contribution >= 4 is 5.91 Å². The Morgan fingerprint density at radius 1 is 1.47 bits per heavy atom. The number of hydrogen-bond acceptors (Lipinski definition) is 2. The third-order valence-electron chi connectivity index (χ3n) is 3.79. The Morgan fingerprint density at radius 2 is 2.29 bits per heavy atom. The fourth-order valence-electron chi connectivity index (χ4n) is 2.54. The predicted molar refractivity (Wildman–Crippen MR) is 65.0 cm³/mol. The first-order valence-electron chi connectivity index (χ1n) is 6.31. The number of fused-ring (bicyclic) bond motifs is 1. The van der Waals surface area contributed by atoms with Crippen molar-refractivity contribution in [2.75, 3.05) is 6.61 Å². The highest BCUT2D eigenvalue weighted by atomic mass is 16.5. The molecule has 1 amide bonds. The molecule has 90 valence electrons.